The van der Waals surface area contributed by atoms with E-state index >= 15 is 0 Å². The Balaban J connectivity index is 1.36. The highest BCUT2D eigenvalue weighted by molar-refractivity contribution is 8.26. The van der Waals surface area contributed by atoms with Crippen molar-refractivity contribution < 1.29 is 14.3 Å². The van der Waals surface area contributed by atoms with Crippen molar-refractivity contribution in [2.24, 2.45) is 0 Å². The number of nitrogens with one attached hydrogen (secondary N) is 1. The van der Waals surface area contributed by atoms with Crippen molar-refractivity contribution in [3.63, 3.8) is 0 Å². The fourth-order valence-electron chi connectivity index (χ4n) is 3.42. The van der Waals surface area contributed by atoms with Gasteiger partial charge in [0, 0.05) is 18.7 Å². The summed E-state index contributed by atoms with van der Waals surface area (Å²) in [5.41, 5.74) is 3.69. The number of anilines is 1. The topological polar surface area (TPSA) is 58.6 Å². The number of para-hydroxylation sites is 1. The highest BCUT2D eigenvalue weighted by Gasteiger charge is 2.32. The largest absolute Gasteiger partial charge is 0.489 e. The van der Waals surface area contributed by atoms with Crippen molar-refractivity contribution >= 4 is 51.9 Å². The summed E-state index contributed by atoms with van der Waals surface area (Å²) in [5.74, 6) is 0.380. The quantitative estimate of drug-likeness (QED) is 0.321. The molecule has 3 aromatic carbocycles. The van der Waals surface area contributed by atoms with Crippen LogP contribution in [0.1, 0.15) is 23.1 Å². The van der Waals surface area contributed by atoms with Gasteiger partial charge in [0.2, 0.25) is 5.91 Å². The number of carbonyl (C=O) groups excluding carboxylic acids is 2. The lowest BCUT2D eigenvalue weighted by molar-refractivity contribution is -0.122. The van der Waals surface area contributed by atoms with E-state index in [1.165, 1.54) is 16.7 Å². The maximum absolute atomic E-state index is 12.9. The van der Waals surface area contributed by atoms with Gasteiger partial charge in [0.05, 0.1) is 4.91 Å². The Kier molecular flexibility index (Phi) is 7.77. The summed E-state index contributed by atoms with van der Waals surface area (Å²) in [6.45, 7) is 2.64. The smallest absolute Gasteiger partial charge is 0.266 e. The third-order valence-electron chi connectivity index (χ3n) is 5.26. The van der Waals surface area contributed by atoms with Crippen LogP contribution >= 0.6 is 24.0 Å². The molecule has 0 aromatic heterocycles. The minimum absolute atomic E-state index is 0.157. The molecule has 2 amide bonds. The number of nitrogens with zero attached hydrogens (tertiary/aromatic N) is 1. The second kappa shape index (κ2) is 11.1. The lowest BCUT2D eigenvalue weighted by Gasteiger charge is -2.14. The van der Waals surface area contributed by atoms with Crippen molar-refractivity contribution in [3.8, 4) is 5.75 Å². The molecule has 7 heteroatoms. The van der Waals surface area contributed by atoms with Crippen LogP contribution in [0.15, 0.2) is 83.8 Å². The van der Waals surface area contributed by atoms with Crippen molar-refractivity contribution in [3.05, 3.63) is 100 Å². The summed E-state index contributed by atoms with van der Waals surface area (Å²) in [4.78, 5) is 27.3. The van der Waals surface area contributed by atoms with E-state index in [2.05, 4.69) is 5.32 Å². The van der Waals surface area contributed by atoms with E-state index < -0.39 is 0 Å². The summed E-state index contributed by atoms with van der Waals surface area (Å²) < 4.78 is 6.34. The highest BCUT2D eigenvalue weighted by Crippen LogP contribution is 2.33. The third-order valence-corrected chi connectivity index (χ3v) is 6.64. The van der Waals surface area contributed by atoms with Crippen LogP contribution in [0.2, 0.25) is 0 Å². The van der Waals surface area contributed by atoms with Crippen LogP contribution in [0, 0.1) is 6.92 Å². The van der Waals surface area contributed by atoms with E-state index in [1.54, 1.807) is 0 Å². The summed E-state index contributed by atoms with van der Waals surface area (Å²) in [7, 11) is 0. The molecule has 0 spiro atoms. The number of amides is 2. The van der Waals surface area contributed by atoms with Crippen LogP contribution in [0.3, 0.4) is 0 Å². The highest BCUT2D eigenvalue weighted by atomic mass is 32.2. The van der Waals surface area contributed by atoms with Gasteiger partial charge in [0.25, 0.3) is 5.91 Å². The third kappa shape index (κ3) is 6.12. The van der Waals surface area contributed by atoms with Crippen molar-refractivity contribution in [1.29, 1.82) is 0 Å². The van der Waals surface area contributed by atoms with Gasteiger partial charge >= 0.3 is 0 Å². The van der Waals surface area contributed by atoms with Crippen LogP contribution in [-0.4, -0.2) is 27.6 Å². The Morgan fingerprint density at radius 1 is 1.06 bits per heavy atom. The molecule has 3 aromatic rings. The molecule has 172 valence electrons. The molecule has 1 saturated heterocycles. The van der Waals surface area contributed by atoms with Gasteiger partial charge in [0.1, 0.15) is 16.7 Å². The summed E-state index contributed by atoms with van der Waals surface area (Å²) in [6, 6.07) is 25.1. The Morgan fingerprint density at radius 3 is 2.62 bits per heavy atom. The number of thiocarbonyl (C=S) groups is 1. The number of benzene rings is 3. The van der Waals surface area contributed by atoms with Crippen LogP contribution in [0.4, 0.5) is 5.69 Å². The maximum atomic E-state index is 12.9. The number of thioether (sulfide) groups is 1. The Hall–Kier alpha value is -3.42. The lowest BCUT2D eigenvalue weighted by atomic mass is 10.2. The first kappa shape index (κ1) is 23.7. The molecule has 0 bridgehead atoms. The standard InChI is InChI=1S/C27H24N2O3S2/c1-19-8-5-6-13-23(19)28-25(30)14-15-29-26(31)24(34-27(29)33)17-21-11-7-12-22(16-21)32-18-20-9-3-2-4-10-20/h2-13,16-17H,14-15,18H2,1H3,(H,28,30)/b24-17-. The molecular formula is C27H24N2O3S2. The predicted molar refractivity (Wildman–Crippen MR) is 142 cm³/mol. The van der Waals surface area contributed by atoms with E-state index in [4.69, 9.17) is 17.0 Å². The summed E-state index contributed by atoms with van der Waals surface area (Å²) in [5, 5.41) is 2.89. The number of rotatable bonds is 8. The van der Waals surface area contributed by atoms with Gasteiger partial charge in [-0.05, 0) is 47.9 Å². The average Bonchev–Trinajstić information content (AvgIpc) is 3.10. The molecule has 0 atom stereocenters. The van der Waals surface area contributed by atoms with Crippen LogP contribution < -0.4 is 10.1 Å². The van der Waals surface area contributed by atoms with Crippen LogP contribution in [0.5, 0.6) is 5.75 Å². The molecule has 1 aliphatic rings. The fourth-order valence-corrected chi connectivity index (χ4v) is 4.73. The maximum Gasteiger partial charge on any atom is 0.266 e. The van der Waals surface area contributed by atoms with Gasteiger partial charge in [0.15, 0.2) is 0 Å². The zero-order chi connectivity index (χ0) is 23.9. The second-order valence-corrected chi connectivity index (χ2v) is 9.47. The average molecular weight is 489 g/mol. The number of carbonyl (C=O) groups is 2. The van der Waals surface area contributed by atoms with Crippen molar-refractivity contribution in [2.45, 2.75) is 20.0 Å². The molecule has 0 unspecified atom stereocenters. The van der Waals surface area contributed by atoms with E-state index in [0.29, 0.717) is 15.8 Å². The number of hydrogen-bond donors (Lipinski definition) is 1. The van der Waals surface area contributed by atoms with Crippen LogP contribution in [0.25, 0.3) is 6.08 Å². The molecule has 1 aliphatic heterocycles. The first-order valence-corrected chi connectivity index (χ1v) is 12.1. The normalized spacial score (nSPS) is 14.5. The van der Waals surface area contributed by atoms with E-state index in [9.17, 15) is 9.59 Å². The van der Waals surface area contributed by atoms with Gasteiger partial charge < -0.3 is 10.1 Å². The van der Waals surface area contributed by atoms with Gasteiger partial charge in [-0.2, -0.15) is 0 Å². The predicted octanol–water partition coefficient (Wildman–Crippen LogP) is 5.80. The van der Waals surface area contributed by atoms with Crippen molar-refractivity contribution in [1.82, 2.24) is 4.90 Å². The molecule has 5 nitrogen and oxygen atoms in total. The van der Waals surface area contributed by atoms with Gasteiger partial charge in [-0.1, -0.05) is 84.6 Å². The Labute approximate surface area is 208 Å². The monoisotopic (exact) mass is 488 g/mol. The minimum Gasteiger partial charge on any atom is -0.489 e. The molecule has 0 aliphatic carbocycles. The van der Waals surface area contributed by atoms with Gasteiger partial charge in [-0.15, -0.1) is 0 Å². The van der Waals surface area contributed by atoms with E-state index in [-0.39, 0.29) is 24.8 Å². The SMILES string of the molecule is Cc1ccccc1NC(=O)CCN1C(=O)/C(=C/c2cccc(OCc3ccccc3)c2)SC1=S. The molecule has 34 heavy (non-hydrogen) atoms. The number of ether oxygens (including phenoxy) is 1. The summed E-state index contributed by atoms with van der Waals surface area (Å²) >= 11 is 6.65. The molecule has 4 rings (SSSR count). The van der Waals surface area contributed by atoms with Gasteiger partial charge in [-0.3, -0.25) is 14.5 Å². The van der Waals surface area contributed by atoms with Crippen molar-refractivity contribution in [2.75, 3.05) is 11.9 Å². The zero-order valence-electron chi connectivity index (χ0n) is 18.7. The Morgan fingerprint density at radius 2 is 1.82 bits per heavy atom. The minimum atomic E-state index is -0.186. The fraction of sp³-hybridized carbons (Fsp3) is 0.148. The molecule has 1 heterocycles. The van der Waals surface area contributed by atoms with Gasteiger partial charge in [-0.25, -0.2) is 0 Å². The number of aryl methyl sites for hydroxylation is 1. The lowest BCUT2D eigenvalue weighted by Crippen LogP contribution is -2.31. The molecule has 1 N–H and O–H groups in total. The van der Waals surface area contributed by atoms with Crippen LogP contribution in [-0.2, 0) is 16.2 Å². The zero-order valence-corrected chi connectivity index (χ0v) is 20.3. The molecule has 1 fully saturated rings. The first-order chi connectivity index (χ1) is 16.5. The second-order valence-electron chi connectivity index (χ2n) is 7.79. The van der Waals surface area contributed by atoms with E-state index in [0.717, 1.165) is 28.1 Å². The first-order valence-electron chi connectivity index (χ1n) is 10.9. The Bertz CT molecular complexity index is 1240. The van der Waals surface area contributed by atoms with E-state index in [1.807, 2.05) is 91.9 Å². The molecule has 0 saturated carbocycles. The molecular weight excluding hydrogens is 464 g/mol. The number of hydrogen-bond acceptors (Lipinski definition) is 5. The molecule has 0 radical (unpaired) electrons. The summed E-state index contributed by atoms with van der Waals surface area (Å²) in [6.07, 6.45) is 1.97.